The standard InChI is InChI=1S/C14H22O6/c1-2-5-9(8-12(15)16)20-14(19)11-7-4-3-6-10(11)13(17)18/h9-11H,2-8H2,1H3,(H,15,16)(H,17,18). The van der Waals surface area contributed by atoms with E-state index in [1.165, 1.54) is 0 Å². The summed E-state index contributed by atoms with van der Waals surface area (Å²) >= 11 is 0. The maximum Gasteiger partial charge on any atom is 0.310 e. The van der Waals surface area contributed by atoms with E-state index in [-0.39, 0.29) is 6.42 Å². The molecular weight excluding hydrogens is 264 g/mol. The van der Waals surface area contributed by atoms with E-state index in [1.807, 2.05) is 6.92 Å². The first kappa shape index (κ1) is 16.5. The molecule has 0 saturated heterocycles. The fourth-order valence-electron chi connectivity index (χ4n) is 2.68. The Kier molecular flexibility index (Phi) is 6.48. The Morgan fingerprint density at radius 1 is 1.15 bits per heavy atom. The summed E-state index contributed by atoms with van der Waals surface area (Å²) in [5.41, 5.74) is 0. The highest BCUT2D eigenvalue weighted by atomic mass is 16.5. The minimum Gasteiger partial charge on any atom is -0.481 e. The van der Waals surface area contributed by atoms with Crippen LogP contribution in [0.1, 0.15) is 51.9 Å². The van der Waals surface area contributed by atoms with Crippen LogP contribution in [0.2, 0.25) is 0 Å². The van der Waals surface area contributed by atoms with Gasteiger partial charge in [-0.3, -0.25) is 14.4 Å². The van der Waals surface area contributed by atoms with E-state index in [2.05, 4.69) is 0 Å². The molecule has 1 rings (SSSR count). The lowest BCUT2D eigenvalue weighted by Crippen LogP contribution is -2.36. The van der Waals surface area contributed by atoms with Gasteiger partial charge in [0.1, 0.15) is 6.10 Å². The molecule has 2 N–H and O–H groups in total. The third kappa shape index (κ3) is 4.83. The fourth-order valence-corrected chi connectivity index (χ4v) is 2.68. The van der Waals surface area contributed by atoms with Crippen molar-refractivity contribution in [1.82, 2.24) is 0 Å². The predicted molar refractivity (Wildman–Crippen MR) is 70.1 cm³/mol. The van der Waals surface area contributed by atoms with Gasteiger partial charge in [-0.15, -0.1) is 0 Å². The Morgan fingerprint density at radius 3 is 2.25 bits per heavy atom. The number of esters is 1. The highest BCUT2D eigenvalue weighted by Gasteiger charge is 2.37. The van der Waals surface area contributed by atoms with Gasteiger partial charge in [-0.25, -0.2) is 0 Å². The number of rotatable bonds is 7. The number of carbonyl (C=O) groups is 3. The van der Waals surface area contributed by atoms with Crippen molar-refractivity contribution in [1.29, 1.82) is 0 Å². The molecule has 0 amide bonds. The summed E-state index contributed by atoms with van der Waals surface area (Å²) in [5, 5.41) is 17.9. The Morgan fingerprint density at radius 2 is 1.75 bits per heavy atom. The van der Waals surface area contributed by atoms with Gasteiger partial charge in [0.05, 0.1) is 18.3 Å². The molecule has 0 bridgehead atoms. The Hall–Kier alpha value is -1.59. The molecular formula is C14H22O6. The van der Waals surface area contributed by atoms with Crippen molar-refractivity contribution in [2.24, 2.45) is 11.8 Å². The predicted octanol–water partition coefficient (Wildman–Crippen LogP) is 2.06. The van der Waals surface area contributed by atoms with Crippen molar-refractivity contribution in [3.63, 3.8) is 0 Å². The van der Waals surface area contributed by atoms with Gasteiger partial charge in [0.15, 0.2) is 0 Å². The van der Waals surface area contributed by atoms with E-state index < -0.39 is 35.8 Å². The highest BCUT2D eigenvalue weighted by molar-refractivity contribution is 5.81. The fraction of sp³-hybridized carbons (Fsp3) is 0.786. The molecule has 6 heteroatoms. The Balaban J connectivity index is 2.65. The molecule has 0 radical (unpaired) electrons. The number of ether oxygens (including phenoxy) is 1. The monoisotopic (exact) mass is 286 g/mol. The van der Waals surface area contributed by atoms with Crippen LogP contribution in [0.5, 0.6) is 0 Å². The van der Waals surface area contributed by atoms with Gasteiger partial charge in [-0.2, -0.15) is 0 Å². The first-order chi connectivity index (χ1) is 9.45. The quantitative estimate of drug-likeness (QED) is 0.695. The zero-order valence-electron chi connectivity index (χ0n) is 11.7. The number of hydrogen-bond acceptors (Lipinski definition) is 4. The molecule has 1 saturated carbocycles. The number of carboxylic acid groups (broad SMARTS) is 2. The topological polar surface area (TPSA) is 101 Å². The lowest BCUT2D eigenvalue weighted by atomic mass is 9.79. The van der Waals surface area contributed by atoms with E-state index in [0.717, 1.165) is 12.8 Å². The number of aliphatic carboxylic acids is 2. The second-order valence-corrected chi connectivity index (χ2v) is 5.28. The van der Waals surface area contributed by atoms with Gasteiger partial charge in [0.2, 0.25) is 0 Å². The number of hydrogen-bond donors (Lipinski definition) is 2. The second-order valence-electron chi connectivity index (χ2n) is 5.28. The number of carbonyl (C=O) groups excluding carboxylic acids is 1. The minimum absolute atomic E-state index is 0.232. The molecule has 0 heterocycles. The van der Waals surface area contributed by atoms with Crippen LogP contribution in [0.4, 0.5) is 0 Å². The molecule has 1 fully saturated rings. The summed E-state index contributed by atoms with van der Waals surface area (Å²) in [4.78, 5) is 34.0. The molecule has 0 aliphatic heterocycles. The van der Waals surface area contributed by atoms with Crippen molar-refractivity contribution in [2.45, 2.75) is 58.0 Å². The smallest absolute Gasteiger partial charge is 0.310 e. The maximum atomic E-state index is 12.1. The second kappa shape index (κ2) is 7.87. The van der Waals surface area contributed by atoms with Crippen LogP contribution >= 0.6 is 0 Å². The van der Waals surface area contributed by atoms with E-state index in [4.69, 9.17) is 14.9 Å². The van der Waals surface area contributed by atoms with Gasteiger partial charge in [-0.05, 0) is 19.3 Å². The first-order valence-electron chi connectivity index (χ1n) is 7.10. The van der Waals surface area contributed by atoms with Gasteiger partial charge in [-0.1, -0.05) is 26.2 Å². The summed E-state index contributed by atoms with van der Waals surface area (Å²) in [6.07, 6.45) is 2.87. The van der Waals surface area contributed by atoms with Crippen LogP contribution in [0, 0.1) is 11.8 Å². The average Bonchev–Trinajstić information content (AvgIpc) is 2.38. The summed E-state index contributed by atoms with van der Waals surface area (Å²) < 4.78 is 5.24. The van der Waals surface area contributed by atoms with Crippen LogP contribution in [0.25, 0.3) is 0 Å². The van der Waals surface area contributed by atoms with Crippen LogP contribution in [0.3, 0.4) is 0 Å². The third-order valence-corrected chi connectivity index (χ3v) is 3.68. The van der Waals surface area contributed by atoms with Crippen LogP contribution in [0.15, 0.2) is 0 Å². The summed E-state index contributed by atoms with van der Waals surface area (Å²) in [6, 6.07) is 0. The van der Waals surface area contributed by atoms with E-state index in [0.29, 0.717) is 25.7 Å². The van der Waals surface area contributed by atoms with Crippen molar-refractivity contribution in [3.8, 4) is 0 Å². The molecule has 3 atom stereocenters. The molecule has 20 heavy (non-hydrogen) atoms. The SMILES string of the molecule is CCCC(CC(=O)O)OC(=O)C1CCCCC1C(=O)O. The summed E-state index contributed by atoms with van der Waals surface area (Å²) in [5.74, 6) is -3.90. The first-order valence-corrected chi connectivity index (χ1v) is 7.10. The van der Waals surface area contributed by atoms with Gasteiger partial charge in [0, 0.05) is 0 Å². The zero-order chi connectivity index (χ0) is 15.1. The van der Waals surface area contributed by atoms with E-state index in [1.54, 1.807) is 0 Å². The molecule has 6 nitrogen and oxygen atoms in total. The average molecular weight is 286 g/mol. The molecule has 1 aliphatic rings. The van der Waals surface area contributed by atoms with Crippen LogP contribution < -0.4 is 0 Å². The summed E-state index contributed by atoms with van der Waals surface area (Å²) in [7, 11) is 0. The molecule has 0 aromatic rings. The molecule has 114 valence electrons. The van der Waals surface area contributed by atoms with Crippen LogP contribution in [-0.4, -0.2) is 34.2 Å². The third-order valence-electron chi connectivity index (χ3n) is 3.68. The van der Waals surface area contributed by atoms with E-state index in [9.17, 15) is 14.4 Å². The largest absolute Gasteiger partial charge is 0.481 e. The zero-order valence-corrected chi connectivity index (χ0v) is 11.7. The molecule has 1 aliphatic carbocycles. The maximum absolute atomic E-state index is 12.1. The lowest BCUT2D eigenvalue weighted by molar-refractivity contribution is -0.165. The minimum atomic E-state index is -1.02. The van der Waals surface area contributed by atoms with Crippen molar-refractivity contribution < 1.29 is 29.3 Å². The van der Waals surface area contributed by atoms with Crippen molar-refractivity contribution in [3.05, 3.63) is 0 Å². The molecule has 0 spiro atoms. The summed E-state index contributed by atoms with van der Waals surface area (Å²) in [6.45, 7) is 1.88. The number of carboxylic acids is 2. The van der Waals surface area contributed by atoms with Gasteiger partial charge >= 0.3 is 17.9 Å². The Labute approximate surface area is 118 Å². The van der Waals surface area contributed by atoms with Gasteiger partial charge < -0.3 is 14.9 Å². The van der Waals surface area contributed by atoms with E-state index >= 15 is 0 Å². The molecule has 0 aromatic carbocycles. The van der Waals surface area contributed by atoms with Crippen LogP contribution in [-0.2, 0) is 19.1 Å². The van der Waals surface area contributed by atoms with Crippen molar-refractivity contribution >= 4 is 17.9 Å². The molecule has 3 unspecified atom stereocenters. The normalized spacial score (nSPS) is 23.9. The van der Waals surface area contributed by atoms with Gasteiger partial charge in [0.25, 0.3) is 0 Å². The van der Waals surface area contributed by atoms with Crippen molar-refractivity contribution in [2.75, 3.05) is 0 Å². The Bertz CT molecular complexity index is 365. The highest BCUT2D eigenvalue weighted by Crippen LogP contribution is 2.31. The molecule has 0 aromatic heterocycles. The lowest BCUT2D eigenvalue weighted by Gasteiger charge is -2.28.